The molecule has 0 N–H and O–H groups in total. The van der Waals surface area contributed by atoms with Crippen LogP contribution in [0.5, 0.6) is 0 Å². The van der Waals surface area contributed by atoms with Gasteiger partial charge in [0.2, 0.25) is 5.91 Å². The summed E-state index contributed by atoms with van der Waals surface area (Å²) in [6, 6.07) is 18.6. The first-order valence-corrected chi connectivity index (χ1v) is 10.9. The Morgan fingerprint density at radius 2 is 1.90 bits per heavy atom. The van der Waals surface area contributed by atoms with E-state index < -0.39 is 0 Å². The Hall–Kier alpha value is -2.86. The number of carbonyl (C=O) groups is 1. The van der Waals surface area contributed by atoms with E-state index in [4.69, 9.17) is 0 Å². The van der Waals surface area contributed by atoms with E-state index in [2.05, 4.69) is 59.6 Å². The highest BCUT2D eigenvalue weighted by Crippen LogP contribution is 2.25. The number of aromatic nitrogens is 3. The molecule has 29 heavy (non-hydrogen) atoms. The van der Waals surface area contributed by atoms with Gasteiger partial charge in [0.15, 0.2) is 5.16 Å². The molecule has 1 aliphatic rings. The van der Waals surface area contributed by atoms with Crippen molar-refractivity contribution in [3.8, 4) is 5.69 Å². The third-order valence-electron chi connectivity index (χ3n) is 5.18. The smallest absolute Gasteiger partial charge is 0.233 e. The Labute approximate surface area is 175 Å². The predicted octanol–water partition coefficient (Wildman–Crippen LogP) is 4.24. The summed E-state index contributed by atoms with van der Waals surface area (Å²) in [5, 5.41) is 9.04. The molecule has 4 rings (SSSR count). The molecule has 0 fully saturated rings. The Kier molecular flexibility index (Phi) is 6.10. The maximum atomic E-state index is 12.7. The van der Waals surface area contributed by atoms with E-state index in [0.29, 0.717) is 12.3 Å². The van der Waals surface area contributed by atoms with E-state index in [1.807, 2.05) is 27.7 Å². The molecule has 0 saturated carbocycles. The molecule has 0 saturated heterocycles. The number of rotatable bonds is 6. The van der Waals surface area contributed by atoms with E-state index in [-0.39, 0.29) is 5.91 Å². The highest BCUT2D eigenvalue weighted by Gasteiger charge is 2.19. The van der Waals surface area contributed by atoms with Gasteiger partial charge in [-0.2, -0.15) is 0 Å². The van der Waals surface area contributed by atoms with Gasteiger partial charge in [-0.25, -0.2) is 0 Å². The second kappa shape index (κ2) is 9.09. The number of para-hydroxylation sites is 1. The normalized spacial score (nSPS) is 14.0. The zero-order valence-corrected chi connectivity index (χ0v) is 17.3. The van der Waals surface area contributed by atoms with E-state index in [1.54, 1.807) is 6.33 Å². The minimum atomic E-state index is 0.136. The molecule has 2 aromatic carbocycles. The van der Waals surface area contributed by atoms with Crippen molar-refractivity contribution in [1.82, 2.24) is 19.7 Å². The lowest BCUT2D eigenvalue weighted by atomic mass is 10.00. The van der Waals surface area contributed by atoms with E-state index in [1.165, 1.54) is 28.5 Å². The SMILES string of the molecule is CCc1ccccc1-n1cnnc1SCC(=O)N1CC=C(c2ccccc2)CC1. The van der Waals surface area contributed by atoms with Crippen LogP contribution in [0.1, 0.15) is 24.5 Å². The Morgan fingerprint density at radius 3 is 2.66 bits per heavy atom. The summed E-state index contributed by atoms with van der Waals surface area (Å²) >= 11 is 1.44. The van der Waals surface area contributed by atoms with Crippen LogP contribution in [0.2, 0.25) is 0 Å². The molecule has 0 aliphatic carbocycles. The largest absolute Gasteiger partial charge is 0.338 e. The van der Waals surface area contributed by atoms with Crippen LogP contribution in [-0.4, -0.2) is 44.4 Å². The first-order valence-electron chi connectivity index (χ1n) is 9.89. The van der Waals surface area contributed by atoms with E-state index in [9.17, 15) is 4.79 Å². The van der Waals surface area contributed by atoms with Crippen molar-refractivity contribution < 1.29 is 4.79 Å². The number of carbonyl (C=O) groups excluding carboxylic acids is 1. The van der Waals surface area contributed by atoms with Crippen molar-refractivity contribution in [3.63, 3.8) is 0 Å². The number of thioether (sulfide) groups is 1. The molecule has 5 nitrogen and oxygen atoms in total. The average Bonchev–Trinajstić information content (AvgIpc) is 3.26. The summed E-state index contributed by atoms with van der Waals surface area (Å²) in [4.78, 5) is 14.6. The maximum Gasteiger partial charge on any atom is 0.233 e. The van der Waals surface area contributed by atoms with Crippen LogP contribution in [0.25, 0.3) is 11.3 Å². The van der Waals surface area contributed by atoms with Crippen molar-refractivity contribution in [3.05, 3.63) is 78.1 Å². The Balaban J connectivity index is 1.39. The predicted molar refractivity (Wildman–Crippen MR) is 117 cm³/mol. The highest BCUT2D eigenvalue weighted by atomic mass is 32.2. The summed E-state index contributed by atoms with van der Waals surface area (Å²) in [7, 11) is 0. The van der Waals surface area contributed by atoms with Gasteiger partial charge >= 0.3 is 0 Å². The molecule has 0 spiro atoms. The Morgan fingerprint density at radius 1 is 1.10 bits per heavy atom. The van der Waals surface area contributed by atoms with Gasteiger partial charge in [-0.15, -0.1) is 10.2 Å². The molecule has 1 aliphatic heterocycles. The fourth-order valence-electron chi connectivity index (χ4n) is 3.56. The average molecular weight is 405 g/mol. The van der Waals surface area contributed by atoms with Gasteiger partial charge in [-0.05, 0) is 35.6 Å². The topological polar surface area (TPSA) is 51.0 Å². The summed E-state index contributed by atoms with van der Waals surface area (Å²) in [6.07, 6.45) is 5.71. The number of hydrogen-bond acceptors (Lipinski definition) is 4. The number of benzene rings is 2. The van der Waals surface area contributed by atoms with Crippen LogP contribution in [0, 0.1) is 0 Å². The lowest BCUT2D eigenvalue weighted by Crippen LogP contribution is -2.35. The van der Waals surface area contributed by atoms with Crippen molar-refractivity contribution in [2.24, 2.45) is 0 Å². The van der Waals surface area contributed by atoms with Gasteiger partial charge in [0.05, 0.1) is 11.4 Å². The minimum Gasteiger partial charge on any atom is -0.338 e. The first kappa shape index (κ1) is 19.5. The van der Waals surface area contributed by atoms with Gasteiger partial charge < -0.3 is 4.90 Å². The summed E-state index contributed by atoms with van der Waals surface area (Å²) in [6.45, 7) is 3.55. The first-order chi connectivity index (χ1) is 14.3. The van der Waals surface area contributed by atoms with Crippen LogP contribution in [0.3, 0.4) is 0 Å². The number of amides is 1. The molecule has 0 radical (unpaired) electrons. The lowest BCUT2D eigenvalue weighted by molar-refractivity contribution is -0.127. The molecular formula is C23H24N4OS. The second-order valence-electron chi connectivity index (χ2n) is 6.94. The number of nitrogens with zero attached hydrogens (tertiary/aromatic N) is 4. The maximum absolute atomic E-state index is 12.7. The molecule has 3 aromatic rings. The van der Waals surface area contributed by atoms with Crippen molar-refractivity contribution in [1.29, 1.82) is 0 Å². The van der Waals surface area contributed by atoms with E-state index >= 15 is 0 Å². The summed E-state index contributed by atoms with van der Waals surface area (Å²) < 4.78 is 1.97. The lowest BCUT2D eigenvalue weighted by Gasteiger charge is -2.26. The third kappa shape index (κ3) is 4.43. The van der Waals surface area contributed by atoms with Gasteiger partial charge in [0, 0.05) is 13.1 Å². The molecule has 6 heteroatoms. The summed E-state index contributed by atoms with van der Waals surface area (Å²) in [5.41, 5.74) is 4.87. The molecule has 1 amide bonds. The van der Waals surface area contributed by atoms with Crippen LogP contribution < -0.4 is 0 Å². The highest BCUT2D eigenvalue weighted by molar-refractivity contribution is 7.99. The molecule has 0 atom stereocenters. The summed E-state index contributed by atoms with van der Waals surface area (Å²) in [5.74, 6) is 0.498. The molecular weight excluding hydrogens is 380 g/mol. The van der Waals surface area contributed by atoms with Crippen LogP contribution in [0.4, 0.5) is 0 Å². The quantitative estimate of drug-likeness (QED) is 0.577. The van der Waals surface area contributed by atoms with Crippen LogP contribution >= 0.6 is 11.8 Å². The second-order valence-corrected chi connectivity index (χ2v) is 7.88. The Bertz CT molecular complexity index is 1010. The molecule has 0 bridgehead atoms. The zero-order chi connectivity index (χ0) is 20.1. The van der Waals surface area contributed by atoms with Crippen LogP contribution in [0.15, 0.2) is 72.2 Å². The third-order valence-corrected chi connectivity index (χ3v) is 6.11. The van der Waals surface area contributed by atoms with Crippen molar-refractivity contribution in [2.75, 3.05) is 18.8 Å². The van der Waals surface area contributed by atoms with Gasteiger partial charge in [-0.3, -0.25) is 9.36 Å². The molecule has 2 heterocycles. The van der Waals surface area contributed by atoms with Crippen molar-refractivity contribution >= 4 is 23.2 Å². The number of hydrogen-bond donors (Lipinski definition) is 0. The van der Waals surface area contributed by atoms with E-state index in [0.717, 1.165) is 30.2 Å². The standard InChI is InChI=1S/C23H24N4OS/c1-2-18-8-6-7-11-21(18)27-17-24-25-23(27)29-16-22(28)26-14-12-20(13-15-26)19-9-4-3-5-10-19/h3-12,17H,2,13-16H2,1H3. The molecule has 1 aromatic heterocycles. The van der Waals surface area contributed by atoms with Crippen molar-refractivity contribution in [2.45, 2.75) is 24.9 Å². The molecule has 0 unspecified atom stereocenters. The van der Waals surface area contributed by atoms with Crippen LogP contribution in [-0.2, 0) is 11.2 Å². The van der Waals surface area contributed by atoms with Gasteiger partial charge in [0.25, 0.3) is 0 Å². The van der Waals surface area contributed by atoms with Gasteiger partial charge in [-0.1, -0.05) is 73.3 Å². The molecule has 148 valence electrons. The van der Waals surface area contributed by atoms with Gasteiger partial charge in [0.1, 0.15) is 6.33 Å². The fourth-order valence-corrected chi connectivity index (χ4v) is 4.39. The monoisotopic (exact) mass is 404 g/mol. The number of aryl methyl sites for hydroxylation is 1. The zero-order valence-electron chi connectivity index (χ0n) is 16.5. The minimum absolute atomic E-state index is 0.136. The fraction of sp³-hybridized carbons (Fsp3) is 0.261.